The van der Waals surface area contributed by atoms with Gasteiger partial charge in [0.15, 0.2) is 0 Å². The molecule has 0 bridgehead atoms. The van der Waals surface area contributed by atoms with Crippen LogP contribution in [-0.2, 0) is 9.53 Å². The molecule has 0 saturated heterocycles. The topological polar surface area (TPSA) is 42.1 Å². The summed E-state index contributed by atoms with van der Waals surface area (Å²) in [6.07, 6.45) is 1.44. The summed E-state index contributed by atoms with van der Waals surface area (Å²) in [7, 11) is 0. The zero-order valence-corrected chi connectivity index (χ0v) is 9.12. The van der Waals surface area contributed by atoms with E-state index in [9.17, 15) is 4.79 Å². The van der Waals surface area contributed by atoms with Gasteiger partial charge in [0.25, 0.3) is 0 Å². The molecule has 1 aromatic heterocycles. The molecule has 0 aliphatic carbocycles. The molecule has 2 rings (SSSR count). The van der Waals surface area contributed by atoms with Gasteiger partial charge in [0.1, 0.15) is 0 Å². The normalized spacial score (nSPS) is 11.9. The number of esters is 1. The van der Waals surface area contributed by atoms with Gasteiger partial charge in [-0.3, -0.25) is 0 Å². The van der Waals surface area contributed by atoms with Crippen LogP contribution in [0.4, 0.5) is 0 Å². The second-order valence-corrected chi connectivity index (χ2v) is 3.46. The number of H-pyrrole nitrogens is 1. The first-order chi connectivity index (χ1) is 7.72. The number of aromatic nitrogens is 1. The summed E-state index contributed by atoms with van der Waals surface area (Å²) < 4.78 is 4.85. The van der Waals surface area contributed by atoms with Crippen molar-refractivity contribution in [2.24, 2.45) is 0 Å². The predicted octanol–water partition coefficient (Wildman–Crippen LogP) is 0.922. The predicted molar refractivity (Wildman–Crippen MR) is 64.2 cm³/mol. The lowest BCUT2D eigenvalue weighted by Gasteiger charge is -1.92. The molecule has 0 saturated carbocycles. The Hall–Kier alpha value is -2.03. The third-order valence-electron chi connectivity index (χ3n) is 2.40. The van der Waals surface area contributed by atoms with E-state index < -0.39 is 0 Å². The van der Waals surface area contributed by atoms with E-state index in [0.29, 0.717) is 12.0 Å². The molecule has 1 N–H and O–H groups in total. The van der Waals surface area contributed by atoms with Gasteiger partial charge < -0.3 is 9.72 Å². The molecule has 0 amide bonds. The summed E-state index contributed by atoms with van der Waals surface area (Å²) in [4.78, 5) is 14.5. The van der Waals surface area contributed by atoms with Crippen LogP contribution in [0.15, 0.2) is 24.3 Å². The molecule has 0 fully saturated rings. The Bertz CT molecular complexity index is 625. The van der Waals surface area contributed by atoms with Crippen molar-refractivity contribution in [1.82, 2.24) is 4.98 Å². The molecular formula is C13H13NO2. The van der Waals surface area contributed by atoms with E-state index in [1.54, 1.807) is 6.92 Å². The average Bonchev–Trinajstić information content (AvgIpc) is 2.57. The van der Waals surface area contributed by atoms with Crippen molar-refractivity contribution in [2.45, 2.75) is 6.92 Å². The van der Waals surface area contributed by atoms with E-state index in [-0.39, 0.29) is 5.97 Å². The molecule has 3 nitrogen and oxygen atoms in total. The first-order valence-corrected chi connectivity index (χ1v) is 5.16. The molecule has 0 radical (unpaired) electrons. The summed E-state index contributed by atoms with van der Waals surface area (Å²) in [6.45, 7) is 6.11. The van der Waals surface area contributed by atoms with E-state index in [0.717, 1.165) is 16.1 Å². The Morgan fingerprint density at radius 2 is 2.25 bits per heavy atom. The van der Waals surface area contributed by atoms with Gasteiger partial charge in [-0.15, -0.1) is 0 Å². The third-order valence-corrected chi connectivity index (χ3v) is 2.40. The van der Waals surface area contributed by atoms with Crippen molar-refractivity contribution in [3.63, 3.8) is 0 Å². The van der Waals surface area contributed by atoms with Gasteiger partial charge in [0.05, 0.1) is 12.0 Å². The lowest BCUT2D eigenvalue weighted by Crippen LogP contribution is -2.23. The van der Waals surface area contributed by atoms with Crippen LogP contribution in [0.1, 0.15) is 6.92 Å². The van der Waals surface area contributed by atoms with Crippen molar-refractivity contribution < 1.29 is 9.53 Å². The Morgan fingerprint density at radius 3 is 2.94 bits per heavy atom. The number of hydrogen-bond acceptors (Lipinski definition) is 2. The van der Waals surface area contributed by atoms with Crippen LogP contribution in [0.2, 0.25) is 0 Å². The monoisotopic (exact) mass is 215 g/mol. The molecule has 82 valence electrons. The van der Waals surface area contributed by atoms with Gasteiger partial charge in [-0.05, 0) is 13.0 Å². The summed E-state index contributed by atoms with van der Waals surface area (Å²) in [5, 5.41) is 2.56. The van der Waals surface area contributed by atoms with E-state index in [1.807, 2.05) is 24.3 Å². The van der Waals surface area contributed by atoms with Crippen LogP contribution in [0, 0.1) is 0 Å². The summed E-state index contributed by atoms with van der Waals surface area (Å²) >= 11 is 0. The van der Waals surface area contributed by atoms with Crippen LogP contribution in [0.5, 0.6) is 0 Å². The van der Waals surface area contributed by atoms with Crippen molar-refractivity contribution in [2.75, 3.05) is 6.61 Å². The maximum Gasteiger partial charge on any atom is 0.332 e. The number of benzene rings is 1. The van der Waals surface area contributed by atoms with Gasteiger partial charge >= 0.3 is 5.97 Å². The molecule has 2 aromatic rings. The number of nitrogens with one attached hydrogen (secondary N) is 1. The minimum absolute atomic E-state index is 0.348. The SMILES string of the molecule is C=c1/c(=C\C(=O)OCC)[nH]c2ccccc12. The quantitative estimate of drug-likeness (QED) is 0.757. The molecule has 0 aliphatic rings. The molecule has 0 aliphatic heterocycles. The highest BCUT2D eigenvalue weighted by Gasteiger charge is 2.00. The highest BCUT2D eigenvalue weighted by molar-refractivity contribution is 6.00. The molecule has 3 heteroatoms. The number of ether oxygens (including phenoxy) is 1. The maximum atomic E-state index is 11.3. The highest BCUT2D eigenvalue weighted by Crippen LogP contribution is 2.02. The second kappa shape index (κ2) is 4.23. The molecule has 16 heavy (non-hydrogen) atoms. The summed E-state index contributed by atoms with van der Waals surface area (Å²) in [5.41, 5.74) is 0.975. The fourth-order valence-electron chi connectivity index (χ4n) is 1.65. The molecule has 1 heterocycles. The molecule has 0 atom stereocenters. The fraction of sp³-hybridized carbons (Fsp3) is 0.154. The molecule has 0 unspecified atom stereocenters. The summed E-state index contributed by atoms with van der Waals surface area (Å²) in [5.74, 6) is -0.348. The largest absolute Gasteiger partial charge is 0.463 e. The van der Waals surface area contributed by atoms with Crippen LogP contribution in [-0.4, -0.2) is 17.6 Å². The second-order valence-electron chi connectivity index (χ2n) is 3.46. The Balaban J connectivity index is 2.58. The first kappa shape index (κ1) is 10.5. The van der Waals surface area contributed by atoms with Crippen molar-refractivity contribution in [3.05, 3.63) is 34.8 Å². The van der Waals surface area contributed by atoms with Gasteiger partial charge in [0.2, 0.25) is 0 Å². The molecule has 1 aromatic carbocycles. The summed E-state index contributed by atoms with van der Waals surface area (Å²) in [6, 6.07) is 7.80. The number of carbonyl (C=O) groups excluding carboxylic acids is 1. The maximum absolute atomic E-state index is 11.3. The number of rotatable bonds is 2. The smallest absolute Gasteiger partial charge is 0.332 e. The number of carbonyl (C=O) groups is 1. The third kappa shape index (κ3) is 1.84. The Labute approximate surface area is 93.0 Å². The van der Waals surface area contributed by atoms with Gasteiger partial charge in [-0.25, -0.2) is 4.79 Å². The zero-order valence-electron chi connectivity index (χ0n) is 9.12. The van der Waals surface area contributed by atoms with Gasteiger partial charge in [0, 0.05) is 22.2 Å². The standard InChI is InChI=1S/C13H13NO2/c1-3-16-13(15)8-12-9(2)10-6-4-5-7-11(10)14-12/h4-8,14H,2-3H2,1H3/b12-8+. The van der Waals surface area contributed by atoms with Crippen LogP contribution < -0.4 is 10.6 Å². The van der Waals surface area contributed by atoms with E-state index in [2.05, 4.69) is 11.6 Å². The van der Waals surface area contributed by atoms with Gasteiger partial charge in [-0.1, -0.05) is 24.8 Å². The van der Waals surface area contributed by atoms with E-state index >= 15 is 0 Å². The number of fused-ring (bicyclic) bond motifs is 1. The van der Waals surface area contributed by atoms with Crippen molar-refractivity contribution in [1.29, 1.82) is 0 Å². The van der Waals surface area contributed by atoms with E-state index in [4.69, 9.17) is 4.74 Å². The Kier molecular flexibility index (Phi) is 2.77. The zero-order chi connectivity index (χ0) is 11.5. The Morgan fingerprint density at radius 1 is 1.50 bits per heavy atom. The number of para-hydroxylation sites is 1. The lowest BCUT2D eigenvalue weighted by atomic mass is 10.2. The van der Waals surface area contributed by atoms with Crippen LogP contribution >= 0.6 is 0 Å². The minimum Gasteiger partial charge on any atom is -0.463 e. The lowest BCUT2D eigenvalue weighted by molar-refractivity contribution is -0.135. The van der Waals surface area contributed by atoms with Crippen LogP contribution in [0.3, 0.4) is 0 Å². The first-order valence-electron chi connectivity index (χ1n) is 5.16. The van der Waals surface area contributed by atoms with E-state index in [1.165, 1.54) is 6.08 Å². The van der Waals surface area contributed by atoms with Crippen LogP contribution in [0.25, 0.3) is 23.6 Å². The average molecular weight is 215 g/mol. The molecule has 0 spiro atoms. The fourth-order valence-corrected chi connectivity index (χ4v) is 1.65. The van der Waals surface area contributed by atoms with Crippen molar-refractivity contribution >= 4 is 29.5 Å². The number of hydrogen-bond donors (Lipinski definition) is 1. The minimum atomic E-state index is -0.348. The highest BCUT2D eigenvalue weighted by atomic mass is 16.5. The molecular weight excluding hydrogens is 202 g/mol. The van der Waals surface area contributed by atoms with Crippen molar-refractivity contribution in [3.8, 4) is 0 Å². The van der Waals surface area contributed by atoms with Gasteiger partial charge in [-0.2, -0.15) is 0 Å². The number of aromatic amines is 1.